The van der Waals surface area contributed by atoms with Crippen molar-refractivity contribution in [2.24, 2.45) is 17.3 Å². The Balaban J connectivity index is 2.15. The molecule has 24 heavy (non-hydrogen) atoms. The van der Waals surface area contributed by atoms with E-state index >= 15 is 0 Å². The highest BCUT2D eigenvalue weighted by atomic mass is 14.5. The Morgan fingerprint density at radius 2 is 2.00 bits per heavy atom. The molecule has 0 nitrogen and oxygen atoms in total. The van der Waals surface area contributed by atoms with Crippen molar-refractivity contribution in [2.75, 3.05) is 0 Å². The summed E-state index contributed by atoms with van der Waals surface area (Å²) < 4.78 is 0. The van der Waals surface area contributed by atoms with Gasteiger partial charge in [0.05, 0.1) is 0 Å². The summed E-state index contributed by atoms with van der Waals surface area (Å²) in [5, 5.41) is 0. The average Bonchev–Trinajstić information content (AvgIpc) is 2.90. The molecule has 0 radical (unpaired) electrons. The topological polar surface area (TPSA) is 0 Å². The van der Waals surface area contributed by atoms with Gasteiger partial charge in [-0.2, -0.15) is 0 Å². The first kappa shape index (κ1) is 19.5. The van der Waals surface area contributed by atoms with Gasteiger partial charge in [0.15, 0.2) is 0 Å². The molecule has 0 saturated heterocycles. The Bertz CT molecular complexity index is 478. The third kappa shape index (κ3) is 4.24. The van der Waals surface area contributed by atoms with E-state index in [1.807, 2.05) is 0 Å². The van der Waals surface area contributed by atoms with Crippen molar-refractivity contribution in [3.63, 3.8) is 0 Å². The van der Waals surface area contributed by atoms with E-state index in [2.05, 4.69) is 46.4 Å². The number of hydrogen-bond donors (Lipinski definition) is 0. The minimum atomic E-state index is 0.583. The second kappa shape index (κ2) is 9.07. The van der Waals surface area contributed by atoms with Crippen LogP contribution in [0.3, 0.4) is 0 Å². The fraction of sp³-hybridized carbons (Fsp3) is 0.750. The van der Waals surface area contributed by atoms with Crippen LogP contribution in [0.5, 0.6) is 0 Å². The Morgan fingerprint density at radius 1 is 1.21 bits per heavy atom. The molecule has 0 aromatic heterocycles. The molecule has 0 heteroatoms. The summed E-state index contributed by atoms with van der Waals surface area (Å²) in [6.45, 7) is 13.8. The molecule has 3 atom stereocenters. The van der Waals surface area contributed by atoms with Gasteiger partial charge in [0, 0.05) is 0 Å². The summed E-state index contributed by atoms with van der Waals surface area (Å²) >= 11 is 0. The lowest BCUT2D eigenvalue weighted by molar-refractivity contribution is 0.127. The van der Waals surface area contributed by atoms with Crippen LogP contribution in [0.15, 0.2) is 35.5 Å². The fourth-order valence-corrected chi connectivity index (χ4v) is 5.43. The lowest BCUT2D eigenvalue weighted by Gasteiger charge is -2.42. The van der Waals surface area contributed by atoms with Crippen molar-refractivity contribution < 1.29 is 0 Å². The van der Waals surface area contributed by atoms with E-state index < -0.39 is 0 Å². The molecule has 0 N–H and O–H groups in total. The molecule has 2 aliphatic carbocycles. The predicted molar refractivity (Wildman–Crippen MR) is 108 cm³/mol. The maximum absolute atomic E-state index is 4.31. The third-order valence-electron chi connectivity index (χ3n) is 6.95. The Morgan fingerprint density at radius 3 is 2.67 bits per heavy atom. The minimum Gasteiger partial charge on any atom is -0.0956 e. The van der Waals surface area contributed by atoms with Crippen LogP contribution in [0.1, 0.15) is 98.3 Å². The van der Waals surface area contributed by atoms with Gasteiger partial charge in [-0.25, -0.2) is 0 Å². The molecule has 0 aromatic carbocycles. The Kier molecular flexibility index (Phi) is 7.38. The van der Waals surface area contributed by atoms with Crippen molar-refractivity contribution in [1.29, 1.82) is 0 Å². The van der Waals surface area contributed by atoms with E-state index in [0.29, 0.717) is 5.41 Å². The summed E-state index contributed by atoms with van der Waals surface area (Å²) in [7, 11) is 0. The highest BCUT2D eigenvalue weighted by Gasteiger charge is 2.48. The standard InChI is InChI=1S/C24H40/c1-6-9-13-22-16-17-23-21(12-10-18-24(22,23)5)15-14-20(8-3)19(4)11-7-2/h14-15,22-23H,4,6-13,16-18H2,1-3,5H3/b20-14-,21-15+. The van der Waals surface area contributed by atoms with Crippen LogP contribution in [0, 0.1) is 17.3 Å². The van der Waals surface area contributed by atoms with E-state index in [1.165, 1.54) is 68.9 Å². The Labute approximate surface area is 151 Å². The summed E-state index contributed by atoms with van der Waals surface area (Å²) in [4.78, 5) is 0. The van der Waals surface area contributed by atoms with E-state index in [9.17, 15) is 0 Å². The lowest BCUT2D eigenvalue weighted by atomic mass is 9.62. The second-order valence-corrected chi connectivity index (χ2v) is 8.47. The van der Waals surface area contributed by atoms with Crippen molar-refractivity contribution in [3.05, 3.63) is 35.5 Å². The first-order valence-electron chi connectivity index (χ1n) is 10.6. The van der Waals surface area contributed by atoms with Gasteiger partial charge in [-0.3, -0.25) is 0 Å². The van der Waals surface area contributed by atoms with Crippen LogP contribution in [-0.2, 0) is 0 Å². The van der Waals surface area contributed by atoms with Crippen LogP contribution in [0.4, 0.5) is 0 Å². The van der Waals surface area contributed by atoms with Gasteiger partial charge in [0.1, 0.15) is 0 Å². The molecule has 2 rings (SSSR count). The molecule has 0 spiro atoms. The van der Waals surface area contributed by atoms with Crippen LogP contribution < -0.4 is 0 Å². The summed E-state index contributed by atoms with van der Waals surface area (Å²) in [6, 6.07) is 0. The van der Waals surface area contributed by atoms with Crippen LogP contribution in [0.2, 0.25) is 0 Å². The summed E-state index contributed by atoms with van der Waals surface area (Å²) in [5.41, 5.74) is 5.15. The van der Waals surface area contributed by atoms with E-state index in [4.69, 9.17) is 0 Å². The molecule has 0 amide bonds. The summed E-state index contributed by atoms with van der Waals surface area (Å²) in [6.07, 6.45) is 19.7. The monoisotopic (exact) mass is 328 g/mol. The zero-order valence-electron chi connectivity index (χ0n) is 16.8. The lowest BCUT2D eigenvalue weighted by Crippen LogP contribution is -2.33. The molecule has 2 saturated carbocycles. The Hall–Kier alpha value is -0.780. The average molecular weight is 329 g/mol. The van der Waals surface area contributed by atoms with Crippen molar-refractivity contribution in [1.82, 2.24) is 0 Å². The normalized spacial score (nSPS) is 32.2. The highest BCUT2D eigenvalue weighted by Crippen LogP contribution is 2.58. The van der Waals surface area contributed by atoms with Crippen molar-refractivity contribution >= 4 is 0 Å². The molecule has 0 aromatic rings. The molecule has 2 fully saturated rings. The SMILES string of the molecule is C=C(CCC)/C(=C\C=C1/CCCC2(C)C(CCCC)CCC12)CC. The smallest absolute Gasteiger partial charge is 0.0143 e. The molecular weight excluding hydrogens is 288 g/mol. The number of unbranched alkanes of at least 4 members (excludes halogenated alkanes) is 1. The van der Waals surface area contributed by atoms with E-state index in [-0.39, 0.29) is 0 Å². The van der Waals surface area contributed by atoms with Gasteiger partial charge < -0.3 is 0 Å². The highest BCUT2D eigenvalue weighted by molar-refractivity contribution is 5.34. The van der Waals surface area contributed by atoms with Gasteiger partial charge in [0.2, 0.25) is 0 Å². The second-order valence-electron chi connectivity index (χ2n) is 8.47. The van der Waals surface area contributed by atoms with E-state index in [0.717, 1.165) is 24.7 Å². The van der Waals surface area contributed by atoms with Gasteiger partial charge in [-0.15, -0.1) is 0 Å². The molecule has 2 aliphatic rings. The van der Waals surface area contributed by atoms with E-state index in [1.54, 1.807) is 5.57 Å². The zero-order valence-corrected chi connectivity index (χ0v) is 16.8. The molecular formula is C24H40. The number of hydrogen-bond acceptors (Lipinski definition) is 0. The molecule has 0 aliphatic heterocycles. The first-order valence-corrected chi connectivity index (χ1v) is 10.6. The van der Waals surface area contributed by atoms with Crippen LogP contribution in [-0.4, -0.2) is 0 Å². The minimum absolute atomic E-state index is 0.583. The van der Waals surface area contributed by atoms with Gasteiger partial charge in [-0.1, -0.05) is 76.8 Å². The first-order chi connectivity index (χ1) is 11.6. The summed E-state index contributed by atoms with van der Waals surface area (Å²) in [5.74, 6) is 1.82. The number of allylic oxidation sites excluding steroid dienone is 5. The number of fused-ring (bicyclic) bond motifs is 1. The maximum Gasteiger partial charge on any atom is -0.0143 e. The molecule has 0 heterocycles. The molecule has 3 unspecified atom stereocenters. The zero-order chi connectivity index (χ0) is 17.6. The van der Waals surface area contributed by atoms with Crippen LogP contribution in [0.25, 0.3) is 0 Å². The maximum atomic E-state index is 4.31. The fourth-order valence-electron chi connectivity index (χ4n) is 5.43. The predicted octanol–water partition coefficient (Wildman–Crippen LogP) is 8.01. The number of rotatable bonds is 8. The van der Waals surface area contributed by atoms with Gasteiger partial charge in [0.25, 0.3) is 0 Å². The van der Waals surface area contributed by atoms with Gasteiger partial charge in [-0.05, 0) is 74.2 Å². The van der Waals surface area contributed by atoms with Crippen molar-refractivity contribution in [2.45, 2.75) is 98.3 Å². The van der Waals surface area contributed by atoms with Gasteiger partial charge >= 0.3 is 0 Å². The van der Waals surface area contributed by atoms with Crippen LogP contribution >= 0.6 is 0 Å². The molecule has 0 bridgehead atoms. The quantitative estimate of drug-likeness (QED) is 0.396. The third-order valence-corrected chi connectivity index (χ3v) is 6.95. The largest absolute Gasteiger partial charge is 0.0956 e. The molecule has 136 valence electrons. The van der Waals surface area contributed by atoms with Crippen molar-refractivity contribution in [3.8, 4) is 0 Å².